The SMILES string of the molecule is Cn1cc(COC2CCNCC2)nn1. The van der Waals surface area contributed by atoms with Gasteiger partial charge in [0.2, 0.25) is 0 Å². The van der Waals surface area contributed by atoms with Gasteiger partial charge >= 0.3 is 0 Å². The minimum absolute atomic E-state index is 0.387. The molecule has 2 rings (SSSR count). The third-order valence-corrected chi connectivity index (χ3v) is 2.40. The Morgan fingerprint density at radius 3 is 3.00 bits per heavy atom. The summed E-state index contributed by atoms with van der Waals surface area (Å²) in [5, 5.41) is 11.1. The molecule has 78 valence electrons. The van der Waals surface area contributed by atoms with Gasteiger partial charge in [-0.15, -0.1) is 5.10 Å². The topological polar surface area (TPSA) is 52.0 Å². The molecule has 0 atom stereocenters. The summed E-state index contributed by atoms with van der Waals surface area (Å²) >= 11 is 0. The number of hydrogen-bond donors (Lipinski definition) is 1. The van der Waals surface area contributed by atoms with Crippen molar-refractivity contribution in [3.05, 3.63) is 11.9 Å². The fourth-order valence-corrected chi connectivity index (χ4v) is 1.63. The molecule has 14 heavy (non-hydrogen) atoms. The van der Waals surface area contributed by atoms with Crippen molar-refractivity contribution in [3.8, 4) is 0 Å². The zero-order valence-electron chi connectivity index (χ0n) is 8.44. The zero-order chi connectivity index (χ0) is 9.80. The molecule has 0 aromatic carbocycles. The number of hydrogen-bond acceptors (Lipinski definition) is 4. The van der Waals surface area contributed by atoms with Crippen molar-refractivity contribution >= 4 is 0 Å². The molecule has 5 heteroatoms. The summed E-state index contributed by atoms with van der Waals surface area (Å²) in [6.45, 7) is 2.70. The highest BCUT2D eigenvalue weighted by Crippen LogP contribution is 2.09. The van der Waals surface area contributed by atoms with E-state index in [1.54, 1.807) is 4.68 Å². The Bertz CT molecular complexity index is 280. The van der Waals surface area contributed by atoms with E-state index in [2.05, 4.69) is 15.6 Å². The van der Waals surface area contributed by atoms with Crippen molar-refractivity contribution in [1.29, 1.82) is 0 Å². The highest BCUT2D eigenvalue weighted by Gasteiger charge is 2.13. The summed E-state index contributed by atoms with van der Waals surface area (Å²) in [6.07, 6.45) is 4.47. The molecule has 5 nitrogen and oxygen atoms in total. The first-order valence-electron chi connectivity index (χ1n) is 5.02. The monoisotopic (exact) mass is 196 g/mol. The van der Waals surface area contributed by atoms with Gasteiger partial charge in [-0.3, -0.25) is 4.68 Å². The summed E-state index contributed by atoms with van der Waals surface area (Å²) in [5.41, 5.74) is 0.908. The van der Waals surface area contributed by atoms with Crippen LogP contribution in [0.15, 0.2) is 6.20 Å². The Morgan fingerprint density at radius 1 is 1.57 bits per heavy atom. The number of aryl methyl sites for hydroxylation is 1. The van der Waals surface area contributed by atoms with Gasteiger partial charge < -0.3 is 10.1 Å². The van der Waals surface area contributed by atoms with Crippen molar-refractivity contribution in [2.75, 3.05) is 13.1 Å². The van der Waals surface area contributed by atoms with Crippen molar-refractivity contribution in [2.45, 2.75) is 25.6 Å². The zero-order valence-corrected chi connectivity index (χ0v) is 8.44. The third-order valence-electron chi connectivity index (χ3n) is 2.40. The first-order chi connectivity index (χ1) is 6.84. The second-order valence-corrected chi connectivity index (χ2v) is 3.64. The molecular weight excluding hydrogens is 180 g/mol. The van der Waals surface area contributed by atoms with Crippen LogP contribution in [0.3, 0.4) is 0 Å². The highest BCUT2D eigenvalue weighted by molar-refractivity contribution is 4.89. The van der Waals surface area contributed by atoms with Crippen molar-refractivity contribution in [2.24, 2.45) is 7.05 Å². The van der Waals surface area contributed by atoms with Gasteiger partial charge in [0.1, 0.15) is 5.69 Å². The molecule has 2 heterocycles. The van der Waals surface area contributed by atoms with E-state index in [4.69, 9.17) is 4.74 Å². The number of nitrogens with one attached hydrogen (secondary N) is 1. The van der Waals surface area contributed by atoms with Crippen LogP contribution in [0.25, 0.3) is 0 Å². The molecule has 0 amide bonds. The third kappa shape index (κ3) is 2.52. The largest absolute Gasteiger partial charge is 0.372 e. The standard InChI is InChI=1S/C9H16N4O/c1-13-6-8(11-12-13)7-14-9-2-4-10-5-3-9/h6,9-10H,2-5,7H2,1H3. The van der Waals surface area contributed by atoms with Gasteiger partial charge in [-0.25, -0.2) is 0 Å². The predicted molar refractivity (Wildman–Crippen MR) is 51.7 cm³/mol. The molecule has 1 fully saturated rings. The van der Waals surface area contributed by atoms with Crippen molar-refractivity contribution in [1.82, 2.24) is 20.3 Å². The lowest BCUT2D eigenvalue weighted by Gasteiger charge is -2.22. The van der Waals surface area contributed by atoms with Gasteiger partial charge in [0.25, 0.3) is 0 Å². The summed E-state index contributed by atoms with van der Waals surface area (Å²) in [5.74, 6) is 0. The minimum Gasteiger partial charge on any atom is -0.372 e. The first-order valence-corrected chi connectivity index (χ1v) is 5.02. The summed E-state index contributed by atoms with van der Waals surface area (Å²) in [7, 11) is 1.86. The van der Waals surface area contributed by atoms with E-state index >= 15 is 0 Å². The van der Waals surface area contributed by atoms with Gasteiger partial charge in [-0.05, 0) is 25.9 Å². The van der Waals surface area contributed by atoms with Crippen molar-refractivity contribution in [3.63, 3.8) is 0 Å². The number of nitrogens with zero attached hydrogens (tertiary/aromatic N) is 3. The van der Waals surface area contributed by atoms with Crippen LogP contribution < -0.4 is 5.32 Å². The Morgan fingerprint density at radius 2 is 2.36 bits per heavy atom. The van der Waals surface area contributed by atoms with E-state index in [1.807, 2.05) is 13.2 Å². The van der Waals surface area contributed by atoms with E-state index in [-0.39, 0.29) is 0 Å². The summed E-state index contributed by atoms with van der Waals surface area (Å²) in [6, 6.07) is 0. The van der Waals surface area contributed by atoms with Crippen LogP contribution >= 0.6 is 0 Å². The summed E-state index contributed by atoms with van der Waals surface area (Å²) in [4.78, 5) is 0. The second-order valence-electron chi connectivity index (χ2n) is 3.64. The quantitative estimate of drug-likeness (QED) is 0.744. The maximum atomic E-state index is 5.73. The van der Waals surface area contributed by atoms with Crippen molar-refractivity contribution < 1.29 is 4.74 Å². The molecule has 1 aromatic rings. The number of piperidine rings is 1. The van der Waals surface area contributed by atoms with Gasteiger partial charge in [-0.2, -0.15) is 0 Å². The van der Waals surface area contributed by atoms with E-state index in [0.29, 0.717) is 12.7 Å². The van der Waals surface area contributed by atoms with Crippen LogP contribution in [0, 0.1) is 0 Å². The number of aromatic nitrogens is 3. The Balaban J connectivity index is 1.76. The normalized spacial score (nSPS) is 18.6. The predicted octanol–water partition coefficient (Wildman–Crippen LogP) is 0.0837. The second kappa shape index (κ2) is 4.52. The van der Waals surface area contributed by atoms with Crippen LogP contribution in [0.4, 0.5) is 0 Å². The van der Waals surface area contributed by atoms with E-state index in [1.165, 1.54) is 0 Å². The number of rotatable bonds is 3. The van der Waals surface area contributed by atoms with Crippen LogP contribution in [0.5, 0.6) is 0 Å². The average molecular weight is 196 g/mol. The molecule has 0 aliphatic carbocycles. The van der Waals surface area contributed by atoms with Crippen LogP contribution in [0.2, 0.25) is 0 Å². The fourth-order valence-electron chi connectivity index (χ4n) is 1.63. The fraction of sp³-hybridized carbons (Fsp3) is 0.778. The van der Waals surface area contributed by atoms with Gasteiger partial charge in [0.05, 0.1) is 18.9 Å². The maximum absolute atomic E-state index is 5.73. The molecule has 0 bridgehead atoms. The lowest BCUT2D eigenvalue weighted by molar-refractivity contribution is 0.0195. The van der Waals surface area contributed by atoms with E-state index < -0.39 is 0 Å². The van der Waals surface area contributed by atoms with Gasteiger partial charge in [-0.1, -0.05) is 5.21 Å². The van der Waals surface area contributed by atoms with E-state index in [0.717, 1.165) is 31.6 Å². The molecule has 1 aliphatic rings. The Kier molecular flexibility index (Phi) is 3.10. The molecule has 0 radical (unpaired) electrons. The van der Waals surface area contributed by atoms with Gasteiger partial charge in [0, 0.05) is 7.05 Å². The number of ether oxygens (including phenoxy) is 1. The average Bonchev–Trinajstić information content (AvgIpc) is 2.63. The molecule has 1 aliphatic heterocycles. The molecule has 1 saturated heterocycles. The first kappa shape index (κ1) is 9.61. The van der Waals surface area contributed by atoms with E-state index in [9.17, 15) is 0 Å². The minimum atomic E-state index is 0.387. The molecule has 0 saturated carbocycles. The highest BCUT2D eigenvalue weighted by atomic mass is 16.5. The Hall–Kier alpha value is -0.940. The molecule has 0 spiro atoms. The van der Waals surface area contributed by atoms with Crippen LogP contribution in [0.1, 0.15) is 18.5 Å². The lowest BCUT2D eigenvalue weighted by atomic mass is 10.1. The maximum Gasteiger partial charge on any atom is 0.108 e. The molecule has 1 N–H and O–H groups in total. The lowest BCUT2D eigenvalue weighted by Crippen LogP contribution is -2.32. The molecule has 1 aromatic heterocycles. The molecular formula is C9H16N4O. The van der Waals surface area contributed by atoms with Gasteiger partial charge in [0.15, 0.2) is 0 Å². The van der Waals surface area contributed by atoms with Crippen LogP contribution in [-0.4, -0.2) is 34.2 Å². The molecule has 0 unspecified atom stereocenters. The van der Waals surface area contributed by atoms with Crippen LogP contribution in [-0.2, 0) is 18.4 Å². The summed E-state index contributed by atoms with van der Waals surface area (Å²) < 4.78 is 7.42. The Labute approximate surface area is 83.4 Å². The smallest absolute Gasteiger partial charge is 0.108 e.